The van der Waals surface area contributed by atoms with Crippen LogP contribution in [0, 0.1) is 12.7 Å². The van der Waals surface area contributed by atoms with Crippen molar-refractivity contribution < 1.29 is 9.18 Å². The number of fused-ring (bicyclic) bond motifs is 1. The van der Waals surface area contributed by atoms with Crippen LogP contribution in [0.5, 0.6) is 0 Å². The molecule has 0 radical (unpaired) electrons. The van der Waals surface area contributed by atoms with Crippen LogP contribution in [-0.2, 0) is 12.8 Å². The number of unbranched alkanes of at least 4 members (excludes halogenated alkanes) is 1. The average molecular weight is 404 g/mol. The Bertz CT molecular complexity index is 1060. The van der Waals surface area contributed by atoms with Crippen LogP contribution in [0.2, 0.25) is 0 Å². The quantitative estimate of drug-likeness (QED) is 0.483. The molecular formula is C25H26FN3O. The molecule has 0 atom stereocenters. The van der Waals surface area contributed by atoms with Gasteiger partial charge in [0.2, 0.25) is 0 Å². The molecule has 0 saturated heterocycles. The van der Waals surface area contributed by atoms with Crippen molar-refractivity contribution in [3.8, 4) is 0 Å². The normalized spacial score (nSPS) is 12.8. The molecule has 1 aromatic heterocycles. The highest BCUT2D eigenvalue weighted by Gasteiger charge is 2.26. The van der Waals surface area contributed by atoms with Crippen LogP contribution >= 0.6 is 0 Å². The summed E-state index contributed by atoms with van der Waals surface area (Å²) in [4.78, 5) is 23.7. The molecule has 30 heavy (non-hydrogen) atoms. The second-order valence-electron chi connectivity index (χ2n) is 7.91. The Morgan fingerprint density at radius 3 is 2.83 bits per heavy atom. The lowest BCUT2D eigenvalue weighted by Gasteiger charge is -2.19. The van der Waals surface area contributed by atoms with Crippen LogP contribution in [0.25, 0.3) is 0 Å². The van der Waals surface area contributed by atoms with Crippen molar-refractivity contribution in [3.05, 3.63) is 82.6 Å². The van der Waals surface area contributed by atoms with Crippen molar-refractivity contribution in [2.24, 2.45) is 0 Å². The number of benzene rings is 2. The molecule has 154 valence electrons. The molecule has 0 unspecified atom stereocenters. The van der Waals surface area contributed by atoms with Crippen molar-refractivity contribution >= 4 is 17.3 Å². The summed E-state index contributed by atoms with van der Waals surface area (Å²) in [7, 11) is 0. The number of Topliss-reactive ketones (excluding diaryl/α,β-unsaturated/α-hetero) is 1. The Morgan fingerprint density at radius 2 is 2.03 bits per heavy atom. The van der Waals surface area contributed by atoms with E-state index in [0.29, 0.717) is 12.8 Å². The highest BCUT2D eigenvalue weighted by molar-refractivity contribution is 5.99. The van der Waals surface area contributed by atoms with Crippen LogP contribution in [0.4, 0.5) is 15.9 Å². The van der Waals surface area contributed by atoms with Gasteiger partial charge in [0.15, 0.2) is 5.78 Å². The molecule has 0 N–H and O–H groups in total. The third-order valence-electron chi connectivity index (χ3n) is 5.56. The molecule has 0 saturated carbocycles. The van der Waals surface area contributed by atoms with Gasteiger partial charge >= 0.3 is 0 Å². The lowest BCUT2D eigenvalue weighted by Crippen LogP contribution is -2.15. The molecule has 1 aliphatic heterocycles. The summed E-state index contributed by atoms with van der Waals surface area (Å²) in [5.41, 5.74) is 5.63. The maximum Gasteiger partial charge on any atom is 0.163 e. The zero-order valence-electron chi connectivity index (χ0n) is 17.5. The summed E-state index contributed by atoms with van der Waals surface area (Å²) in [6.45, 7) is 4.77. The maximum atomic E-state index is 13.7. The van der Waals surface area contributed by atoms with E-state index in [4.69, 9.17) is 0 Å². The number of rotatable bonds is 7. The fraction of sp³-hybridized carbons (Fsp3) is 0.320. The van der Waals surface area contributed by atoms with Gasteiger partial charge in [-0.3, -0.25) is 4.79 Å². The van der Waals surface area contributed by atoms with Crippen molar-refractivity contribution in [2.45, 2.75) is 46.0 Å². The Hall–Kier alpha value is -3.08. The Labute approximate surface area is 176 Å². The van der Waals surface area contributed by atoms with Crippen LogP contribution in [0.3, 0.4) is 0 Å². The number of hydrogen-bond acceptors (Lipinski definition) is 4. The van der Waals surface area contributed by atoms with E-state index in [1.807, 2.05) is 31.2 Å². The zero-order chi connectivity index (χ0) is 21.1. The predicted octanol–water partition coefficient (Wildman–Crippen LogP) is 5.58. The molecule has 3 aromatic rings. The molecular weight excluding hydrogens is 377 g/mol. The van der Waals surface area contributed by atoms with Gasteiger partial charge < -0.3 is 4.90 Å². The molecule has 2 heterocycles. The second-order valence-corrected chi connectivity index (χ2v) is 7.91. The lowest BCUT2D eigenvalue weighted by molar-refractivity contribution is 0.0979. The number of hydrogen-bond donors (Lipinski definition) is 0. The summed E-state index contributed by atoms with van der Waals surface area (Å²) in [5, 5.41) is 0. The highest BCUT2D eigenvalue weighted by Crippen LogP contribution is 2.36. The zero-order valence-corrected chi connectivity index (χ0v) is 17.5. The number of halogens is 1. The van der Waals surface area contributed by atoms with E-state index in [0.717, 1.165) is 65.3 Å². The van der Waals surface area contributed by atoms with Gasteiger partial charge in [0.05, 0.1) is 5.69 Å². The molecule has 5 heteroatoms. The van der Waals surface area contributed by atoms with E-state index in [9.17, 15) is 9.18 Å². The summed E-state index contributed by atoms with van der Waals surface area (Å²) in [6, 6.07) is 13.0. The first-order chi connectivity index (χ1) is 14.5. The van der Waals surface area contributed by atoms with Gasteiger partial charge in [-0.2, -0.15) is 0 Å². The predicted molar refractivity (Wildman–Crippen MR) is 117 cm³/mol. The molecule has 4 nitrogen and oxygen atoms in total. The minimum atomic E-state index is -0.229. The number of aryl methyl sites for hydroxylation is 1. The third-order valence-corrected chi connectivity index (χ3v) is 5.56. The number of nitrogens with zero attached hydrogens (tertiary/aromatic N) is 3. The Morgan fingerprint density at radius 1 is 1.17 bits per heavy atom. The fourth-order valence-corrected chi connectivity index (χ4v) is 4.16. The number of anilines is 2. The first kappa shape index (κ1) is 20.2. The Kier molecular flexibility index (Phi) is 5.88. The van der Waals surface area contributed by atoms with E-state index < -0.39 is 0 Å². The van der Waals surface area contributed by atoms with Gasteiger partial charge in [0, 0.05) is 36.7 Å². The van der Waals surface area contributed by atoms with Crippen molar-refractivity contribution in [1.29, 1.82) is 0 Å². The highest BCUT2D eigenvalue weighted by atomic mass is 19.1. The van der Waals surface area contributed by atoms with Crippen LogP contribution in [-0.4, -0.2) is 22.3 Å². The summed E-state index contributed by atoms with van der Waals surface area (Å²) in [6.07, 6.45) is 5.46. The van der Waals surface area contributed by atoms with E-state index in [1.165, 1.54) is 6.07 Å². The van der Waals surface area contributed by atoms with Gasteiger partial charge in [-0.1, -0.05) is 31.5 Å². The second kappa shape index (κ2) is 8.74. The van der Waals surface area contributed by atoms with Crippen LogP contribution in [0.15, 0.2) is 48.8 Å². The van der Waals surface area contributed by atoms with Gasteiger partial charge in [-0.25, -0.2) is 14.4 Å². The topological polar surface area (TPSA) is 46.1 Å². The number of aromatic nitrogens is 2. The van der Waals surface area contributed by atoms with E-state index in [1.54, 1.807) is 12.4 Å². The smallest absolute Gasteiger partial charge is 0.163 e. The largest absolute Gasteiger partial charge is 0.326 e. The van der Waals surface area contributed by atoms with Crippen molar-refractivity contribution in [3.63, 3.8) is 0 Å². The molecule has 0 amide bonds. The number of ketones is 1. The fourth-order valence-electron chi connectivity index (χ4n) is 4.16. The molecule has 0 fully saturated rings. The monoisotopic (exact) mass is 403 g/mol. The van der Waals surface area contributed by atoms with Gasteiger partial charge in [-0.05, 0) is 54.7 Å². The van der Waals surface area contributed by atoms with Crippen molar-refractivity contribution in [2.75, 3.05) is 11.4 Å². The molecule has 0 spiro atoms. The molecule has 1 aliphatic rings. The van der Waals surface area contributed by atoms with E-state index in [-0.39, 0.29) is 11.6 Å². The van der Waals surface area contributed by atoms with Gasteiger partial charge in [0.25, 0.3) is 0 Å². The van der Waals surface area contributed by atoms with Crippen molar-refractivity contribution in [1.82, 2.24) is 9.97 Å². The third kappa shape index (κ3) is 4.25. The summed E-state index contributed by atoms with van der Waals surface area (Å²) in [5.74, 6) is 0.804. The average Bonchev–Trinajstić information content (AvgIpc) is 3.15. The number of carbonyl (C=O) groups excluding carboxylic acids is 1. The first-order valence-electron chi connectivity index (χ1n) is 10.5. The van der Waals surface area contributed by atoms with E-state index >= 15 is 0 Å². The summed E-state index contributed by atoms with van der Waals surface area (Å²) >= 11 is 0. The molecule has 0 bridgehead atoms. The minimum absolute atomic E-state index is 0.223. The standard InChI is InChI=1S/C25H26FN3O/c1-3-4-8-24(30)22-6-5-7-23-21(22)9-10-29(23)25-15-20(27-16-28-25)14-18-11-17(2)12-19(26)13-18/h5-7,11-13,15-16H,3-4,8-10,14H2,1-2H3. The number of carbonyl (C=O) groups is 1. The summed E-state index contributed by atoms with van der Waals surface area (Å²) < 4.78 is 13.7. The molecule has 0 aliphatic carbocycles. The molecule has 2 aromatic carbocycles. The SMILES string of the molecule is CCCCC(=O)c1cccc2c1CCN2c1cc(Cc2cc(C)cc(F)c2)ncn1. The van der Waals surface area contributed by atoms with Crippen LogP contribution in [0.1, 0.15) is 58.9 Å². The van der Waals surface area contributed by atoms with Crippen LogP contribution < -0.4 is 4.90 Å². The first-order valence-corrected chi connectivity index (χ1v) is 10.5. The van der Waals surface area contributed by atoms with Gasteiger partial charge in [-0.15, -0.1) is 0 Å². The molecule has 4 rings (SSSR count). The lowest BCUT2D eigenvalue weighted by atomic mass is 9.98. The van der Waals surface area contributed by atoms with E-state index in [2.05, 4.69) is 27.9 Å². The Balaban J connectivity index is 1.60. The maximum absolute atomic E-state index is 13.7. The van der Waals surface area contributed by atoms with Gasteiger partial charge in [0.1, 0.15) is 18.0 Å². The minimum Gasteiger partial charge on any atom is -0.326 e.